The average molecular weight is 295 g/mol. The van der Waals surface area contributed by atoms with Crippen LogP contribution in [0.25, 0.3) is 0 Å². The minimum atomic E-state index is -0.962. The number of carbonyl (C=O) groups excluding carboxylic acids is 1. The Morgan fingerprint density at radius 1 is 1.43 bits per heavy atom. The van der Waals surface area contributed by atoms with Crippen LogP contribution in [0.4, 0.5) is 5.82 Å². The fourth-order valence-electron chi connectivity index (χ4n) is 2.16. The maximum absolute atomic E-state index is 11.4. The molecule has 0 radical (unpaired) electrons. The summed E-state index contributed by atoms with van der Waals surface area (Å²) in [5, 5.41) is 8.58. The van der Waals surface area contributed by atoms with Gasteiger partial charge < -0.3 is 19.5 Å². The summed E-state index contributed by atoms with van der Waals surface area (Å²) in [5.41, 5.74) is 0. The molecule has 0 aliphatic carbocycles. The number of piperidine rings is 1. The molecule has 1 aromatic rings. The van der Waals surface area contributed by atoms with Crippen LogP contribution in [0.1, 0.15) is 23.5 Å². The summed E-state index contributed by atoms with van der Waals surface area (Å²) < 4.78 is 9.87. The topological polar surface area (TPSA) is 102 Å². The van der Waals surface area contributed by atoms with Crippen molar-refractivity contribution >= 4 is 17.8 Å². The summed E-state index contributed by atoms with van der Waals surface area (Å²) in [7, 11) is 1.28. The van der Waals surface area contributed by atoms with E-state index in [0.29, 0.717) is 31.7 Å². The van der Waals surface area contributed by atoms with Crippen molar-refractivity contribution in [3.8, 4) is 0 Å². The highest BCUT2D eigenvalue weighted by atomic mass is 16.5. The number of methoxy groups -OCH3 is 1. The van der Waals surface area contributed by atoms with Crippen LogP contribution < -0.4 is 4.90 Å². The Kier molecular flexibility index (Phi) is 5.04. The average Bonchev–Trinajstić information content (AvgIpc) is 2.52. The minimum absolute atomic E-state index is 0.0271. The molecular formula is C13H17N3O5. The first-order valence-corrected chi connectivity index (χ1v) is 6.60. The number of rotatable bonds is 5. The molecule has 2 heterocycles. The lowest BCUT2D eigenvalue weighted by atomic mass is 10.1. The maximum Gasteiger partial charge on any atom is 0.376 e. The van der Waals surface area contributed by atoms with E-state index in [4.69, 9.17) is 9.84 Å². The molecule has 0 unspecified atom stereocenters. The van der Waals surface area contributed by atoms with E-state index in [1.54, 1.807) is 6.07 Å². The zero-order chi connectivity index (χ0) is 15.2. The molecule has 1 fully saturated rings. The van der Waals surface area contributed by atoms with Gasteiger partial charge in [-0.2, -0.15) is 0 Å². The van der Waals surface area contributed by atoms with Crippen LogP contribution in [0.3, 0.4) is 0 Å². The molecule has 114 valence electrons. The second-order valence-corrected chi connectivity index (χ2v) is 4.62. The van der Waals surface area contributed by atoms with Gasteiger partial charge in [-0.3, -0.25) is 0 Å². The summed E-state index contributed by atoms with van der Waals surface area (Å²) in [5.74, 6) is -0.853. The molecule has 1 aliphatic rings. The highest BCUT2D eigenvalue weighted by Gasteiger charge is 2.22. The fraction of sp³-hybridized carbons (Fsp3) is 0.538. The van der Waals surface area contributed by atoms with E-state index in [9.17, 15) is 9.59 Å². The predicted molar refractivity (Wildman–Crippen MR) is 72.2 cm³/mol. The van der Waals surface area contributed by atoms with Crippen LogP contribution in [0.2, 0.25) is 0 Å². The van der Waals surface area contributed by atoms with E-state index >= 15 is 0 Å². The zero-order valence-corrected chi connectivity index (χ0v) is 11.7. The van der Waals surface area contributed by atoms with Gasteiger partial charge in [-0.05, 0) is 18.9 Å². The number of anilines is 1. The number of carbonyl (C=O) groups is 2. The van der Waals surface area contributed by atoms with Gasteiger partial charge >= 0.3 is 11.9 Å². The Hall–Kier alpha value is -2.22. The van der Waals surface area contributed by atoms with Crippen LogP contribution in [-0.2, 0) is 14.3 Å². The largest absolute Gasteiger partial charge is 0.480 e. The minimum Gasteiger partial charge on any atom is -0.480 e. The van der Waals surface area contributed by atoms with Gasteiger partial charge in [-0.1, -0.05) is 0 Å². The van der Waals surface area contributed by atoms with Gasteiger partial charge in [0.1, 0.15) is 12.4 Å². The molecular weight excluding hydrogens is 278 g/mol. The van der Waals surface area contributed by atoms with Crippen molar-refractivity contribution in [3.63, 3.8) is 0 Å². The van der Waals surface area contributed by atoms with Gasteiger partial charge in [-0.25, -0.2) is 19.6 Å². The molecule has 8 nitrogen and oxygen atoms in total. The molecule has 1 saturated heterocycles. The first-order chi connectivity index (χ1) is 10.1. The standard InChI is InChI=1S/C13H17N3O5/c1-20-13(19)12-14-5-2-10(15-12)16-6-3-9(4-7-16)21-8-11(17)18/h2,5,9H,3-4,6-8H2,1H3,(H,17,18). The Morgan fingerprint density at radius 2 is 2.14 bits per heavy atom. The Balaban J connectivity index is 1.93. The summed E-state index contributed by atoms with van der Waals surface area (Å²) in [6.07, 6.45) is 2.89. The van der Waals surface area contributed by atoms with Crippen LogP contribution in [0, 0.1) is 0 Å². The molecule has 0 spiro atoms. The van der Waals surface area contributed by atoms with Gasteiger partial charge in [0, 0.05) is 19.3 Å². The van der Waals surface area contributed by atoms with Crippen molar-refractivity contribution < 1.29 is 24.2 Å². The van der Waals surface area contributed by atoms with Crippen molar-refractivity contribution in [2.45, 2.75) is 18.9 Å². The van der Waals surface area contributed by atoms with Gasteiger partial charge in [-0.15, -0.1) is 0 Å². The molecule has 21 heavy (non-hydrogen) atoms. The number of carboxylic acid groups (broad SMARTS) is 1. The summed E-state index contributed by atoms with van der Waals surface area (Å²) in [6, 6.07) is 1.73. The van der Waals surface area contributed by atoms with E-state index in [-0.39, 0.29) is 18.5 Å². The lowest BCUT2D eigenvalue weighted by Gasteiger charge is -2.32. The van der Waals surface area contributed by atoms with E-state index in [2.05, 4.69) is 14.7 Å². The lowest BCUT2D eigenvalue weighted by molar-refractivity contribution is -0.144. The third-order valence-electron chi connectivity index (χ3n) is 3.22. The summed E-state index contributed by atoms with van der Waals surface area (Å²) in [4.78, 5) is 31.9. The van der Waals surface area contributed by atoms with E-state index in [0.717, 1.165) is 0 Å². The number of carboxylic acids is 1. The molecule has 1 N–H and O–H groups in total. The summed E-state index contributed by atoms with van der Waals surface area (Å²) in [6.45, 7) is 1.09. The monoisotopic (exact) mass is 295 g/mol. The second kappa shape index (κ2) is 6.98. The third kappa shape index (κ3) is 4.12. The van der Waals surface area contributed by atoms with Crippen LogP contribution >= 0.6 is 0 Å². The quantitative estimate of drug-likeness (QED) is 0.775. The SMILES string of the molecule is COC(=O)c1nccc(N2CCC(OCC(=O)O)CC2)n1. The number of esters is 1. The molecule has 0 saturated carbocycles. The second-order valence-electron chi connectivity index (χ2n) is 4.62. The molecule has 0 atom stereocenters. The maximum atomic E-state index is 11.4. The van der Waals surface area contributed by atoms with Crippen molar-refractivity contribution in [3.05, 3.63) is 18.1 Å². The predicted octanol–water partition coefficient (Wildman–Crippen LogP) is 0.333. The first kappa shape index (κ1) is 15.2. The van der Waals surface area contributed by atoms with Crippen LogP contribution in [-0.4, -0.2) is 59.9 Å². The van der Waals surface area contributed by atoms with Crippen molar-refractivity contribution in [2.24, 2.45) is 0 Å². The third-order valence-corrected chi connectivity index (χ3v) is 3.22. The van der Waals surface area contributed by atoms with Gasteiger partial charge in [0.15, 0.2) is 0 Å². The van der Waals surface area contributed by atoms with Gasteiger partial charge in [0.05, 0.1) is 13.2 Å². The number of hydrogen-bond acceptors (Lipinski definition) is 7. The van der Waals surface area contributed by atoms with Gasteiger partial charge in [0.2, 0.25) is 5.82 Å². The van der Waals surface area contributed by atoms with Crippen LogP contribution in [0.5, 0.6) is 0 Å². The highest BCUT2D eigenvalue weighted by Crippen LogP contribution is 2.19. The zero-order valence-electron chi connectivity index (χ0n) is 11.7. The Labute approximate surface area is 121 Å². The lowest BCUT2D eigenvalue weighted by Crippen LogP contribution is -2.38. The number of nitrogens with zero attached hydrogens (tertiary/aromatic N) is 3. The first-order valence-electron chi connectivity index (χ1n) is 6.60. The number of aliphatic carboxylic acids is 1. The number of aromatic nitrogens is 2. The van der Waals surface area contributed by atoms with Gasteiger partial charge in [0.25, 0.3) is 0 Å². The fourth-order valence-corrected chi connectivity index (χ4v) is 2.16. The molecule has 1 aromatic heterocycles. The van der Waals surface area contributed by atoms with Crippen LogP contribution in [0.15, 0.2) is 12.3 Å². The molecule has 2 rings (SSSR count). The van der Waals surface area contributed by atoms with Crippen molar-refractivity contribution in [1.82, 2.24) is 9.97 Å². The Morgan fingerprint density at radius 3 is 2.76 bits per heavy atom. The molecule has 0 amide bonds. The normalized spacial score (nSPS) is 15.8. The van der Waals surface area contributed by atoms with Crippen molar-refractivity contribution in [1.29, 1.82) is 0 Å². The number of ether oxygens (including phenoxy) is 2. The Bertz CT molecular complexity index is 514. The molecule has 1 aliphatic heterocycles. The van der Waals surface area contributed by atoms with E-state index in [1.165, 1.54) is 13.3 Å². The van der Waals surface area contributed by atoms with E-state index < -0.39 is 11.9 Å². The molecule has 0 bridgehead atoms. The summed E-state index contributed by atoms with van der Waals surface area (Å²) >= 11 is 0. The number of hydrogen-bond donors (Lipinski definition) is 1. The van der Waals surface area contributed by atoms with Crippen molar-refractivity contribution in [2.75, 3.05) is 31.7 Å². The molecule has 0 aromatic carbocycles. The molecule has 8 heteroatoms. The smallest absolute Gasteiger partial charge is 0.376 e. The van der Waals surface area contributed by atoms with E-state index in [1.807, 2.05) is 4.90 Å². The highest BCUT2D eigenvalue weighted by molar-refractivity contribution is 5.85.